The lowest BCUT2D eigenvalue weighted by Gasteiger charge is -2.20. The van der Waals surface area contributed by atoms with Crippen molar-refractivity contribution in [3.8, 4) is 0 Å². The third-order valence-electron chi connectivity index (χ3n) is 3.78. The molecule has 114 valence electrons. The molecule has 5 heteroatoms. The third-order valence-corrected chi connectivity index (χ3v) is 4.52. The molecule has 0 aliphatic carbocycles. The molecule has 0 radical (unpaired) electrons. The number of anilines is 1. The summed E-state index contributed by atoms with van der Waals surface area (Å²) < 4.78 is 3.16. The van der Waals surface area contributed by atoms with Gasteiger partial charge in [0, 0.05) is 42.7 Å². The Morgan fingerprint density at radius 1 is 1.43 bits per heavy atom. The summed E-state index contributed by atoms with van der Waals surface area (Å²) >= 11 is 3.66. The lowest BCUT2D eigenvalue weighted by Crippen LogP contribution is -2.22. The molecule has 2 aromatic rings. The van der Waals surface area contributed by atoms with Crippen molar-refractivity contribution in [2.45, 2.75) is 32.4 Å². The second kappa shape index (κ2) is 7.09. The molecular weight excluding hydrogens is 328 g/mol. The van der Waals surface area contributed by atoms with Gasteiger partial charge in [0.15, 0.2) is 0 Å². The van der Waals surface area contributed by atoms with Crippen LogP contribution in [0.3, 0.4) is 0 Å². The van der Waals surface area contributed by atoms with E-state index >= 15 is 0 Å². The van der Waals surface area contributed by atoms with Gasteiger partial charge in [-0.3, -0.25) is 0 Å². The number of aromatic nitrogens is 2. The Morgan fingerprint density at radius 3 is 2.76 bits per heavy atom. The standard InChI is InChI=1S/C16H23BrN4/c1-4-13(18)9-12-5-6-14(10-15(12)17)21(3)11-16-19-7-8-20(16)2/h5-8,10,13H,4,9,11,18H2,1-3H3. The van der Waals surface area contributed by atoms with Crippen LogP contribution in [0.15, 0.2) is 35.1 Å². The summed E-state index contributed by atoms with van der Waals surface area (Å²) in [7, 11) is 4.09. The molecule has 0 fully saturated rings. The fourth-order valence-corrected chi connectivity index (χ4v) is 2.75. The Morgan fingerprint density at radius 2 is 2.19 bits per heavy atom. The maximum absolute atomic E-state index is 6.04. The van der Waals surface area contributed by atoms with E-state index in [4.69, 9.17) is 5.73 Å². The number of benzene rings is 1. The highest BCUT2D eigenvalue weighted by Crippen LogP contribution is 2.25. The minimum atomic E-state index is 0.220. The number of halogens is 1. The van der Waals surface area contributed by atoms with Gasteiger partial charge in [-0.2, -0.15) is 0 Å². The van der Waals surface area contributed by atoms with E-state index in [0.29, 0.717) is 0 Å². The predicted octanol–water partition coefficient (Wildman–Crippen LogP) is 3.10. The topological polar surface area (TPSA) is 47.1 Å². The number of aryl methyl sites for hydroxylation is 1. The number of nitrogens with two attached hydrogens (primary N) is 1. The average molecular weight is 351 g/mol. The monoisotopic (exact) mass is 350 g/mol. The van der Waals surface area contributed by atoms with Crippen LogP contribution in [-0.4, -0.2) is 22.6 Å². The highest BCUT2D eigenvalue weighted by atomic mass is 79.9. The van der Waals surface area contributed by atoms with Crippen LogP contribution in [0.4, 0.5) is 5.69 Å². The first-order valence-electron chi connectivity index (χ1n) is 7.22. The maximum atomic E-state index is 6.04. The lowest BCUT2D eigenvalue weighted by molar-refractivity contribution is 0.645. The lowest BCUT2D eigenvalue weighted by atomic mass is 10.0. The summed E-state index contributed by atoms with van der Waals surface area (Å²) in [5.41, 5.74) is 8.46. The zero-order chi connectivity index (χ0) is 15.4. The summed E-state index contributed by atoms with van der Waals surface area (Å²) in [4.78, 5) is 6.56. The van der Waals surface area contributed by atoms with E-state index in [0.717, 1.165) is 29.7 Å². The molecule has 1 heterocycles. The normalized spacial score (nSPS) is 12.4. The second-order valence-corrected chi connectivity index (χ2v) is 6.31. The van der Waals surface area contributed by atoms with E-state index in [1.165, 1.54) is 11.3 Å². The van der Waals surface area contributed by atoms with Gasteiger partial charge in [-0.1, -0.05) is 28.9 Å². The van der Waals surface area contributed by atoms with E-state index in [9.17, 15) is 0 Å². The van der Waals surface area contributed by atoms with Gasteiger partial charge in [-0.25, -0.2) is 4.98 Å². The van der Waals surface area contributed by atoms with Crippen molar-refractivity contribution in [2.75, 3.05) is 11.9 Å². The SMILES string of the molecule is CCC(N)Cc1ccc(N(C)Cc2nccn2C)cc1Br. The fraction of sp³-hybridized carbons (Fsp3) is 0.438. The molecule has 0 aliphatic rings. The van der Waals surface area contributed by atoms with Crippen LogP contribution >= 0.6 is 15.9 Å². The molecule has 1 aromatic heterocycles. The Hall–Kier alpha value is -1.33. The van der Waals surface area contributed by atoms with Crippen molar-refractivity contribution in [2.24, 2.45) is 12.8 Å². The first kappa shape index (κ1) is 16.0. The molecule has 2 N–H and O–H groups in total. The molecule has 0 amide bonds. The quantitative estimate of drug-likeness (QED) is 0.870. The van der Waals surface area contributed by atoms with Crippen molar-refractivity contribution < 1.29 is 0 Å². The van der Waals surface area contributed by atoms with Gasteiger partial charge in [-0.05, 0) is 30.5 Å². The van der Waals surface area contributed by atoms with Crippen LogP contribution in [0.5, 0.6) is 0 Å². The summed E-state index contributed by atoms with van der Waals surface area (Å²) in [6, 6.07) is 6.67. The first-order valence-corrected chi connectivity index (χ1v) is 8.02. The summed E-state index contributed by atoms with van der Waals surface area (Å²) in [5, 5.41) is 0. The number of imidazole rings is 1. The highest BCUT2D eigenvalue weighted by molar-refractivity contribution is 9.10. The predicted molar refractivity (Wildman–Crippen MR) is 91.4 cm³/mol. The Bertz CT molecular complexity index is 594. The molecule has 0 spiro atoms. The van der Waals surface area contributed by atoms with Crippen molar-refractivity contribution in [3.05, 3.63) is 46.5 Å². The fourth-order valence-electron chi connectivity index (χ4n) is 2.22. The second-order valence-electron chi connectivity index (χ2n) is 5.46. The Balaban J connectivity index is 2.10. The number of rotatable bonds is 6. The molecule has 0 aliphatic heterocycles. The molecule has 0 saturated heterocycles. The molecule has 1 unspecified atom stereocenters. The Kier molecular flexibility index (Phi) is 5.42. The van der Waals surface area contributed by atoms with Gasteiger partial charge in [-0.15, -0.1) is 0 Å². The van der Waals surface area contributed by atoms with E-state index in [2.05, 4.69) is 58.0 Å². The van der Waals surface area contributed by atoms with Gasteiger partial charge in [0.1, 0.15) is 5.82 Å². The van der Waals surface area contributed by atoms with Crippen LogP contribution < -0.4 is 10.6 Å². The number of hydrogen-bond acceptors (Lipinski definition) is 3. The van der Waals surface area contributed by atoms with Crippen molar-refractivity contribution >= 4 is 21.6 Å². The summed E-state index contributed by atoms with van der Waals surface area (Å²) in [6.07, 6.45) is 5.69. The van der Waals surface area contributed by atoms with Crippen LogP contribution in [0.2, 0.25) is 0 Å². The molecule has 21 heavy (non-hydrogen) atoms. The van der Waals surface area contributed by atoms with Gasteiger partial charge >= 0.3 is 0 Å². The van der Waals surface area contributed by atoms with Crippen LogP contribution in [0.25, 0.3) is 0 Å². The zero-order valence-electron chi connectivity index (χ0n) is 12.9. The van der Waals surface area contributed by atoms with Gasteiger partial charge in [0.05, 0.1) is 6.54 Å². The van der Waals surface area contributed by atoms with Gasteiger partial charge in [0.25, 0.3) is 0 Å². The first-order chi connectivity index (χ1) is 10.0. The van der Waals surface area contributed by atoms with Gasteiger partial charge < -0.3 is 15.2 Å². The summed E-state index contributed by atoms with van der Waals surface area (Å²) in [5.74, 6) is 1.05. The minimum absolute atomic E-state index is 0.220. The largest absolute Gasteiger partial charge is 0.367 e. The third kappa shape index (κ3) is 4.08. The van der Waals surface area contributed by atoms with Crippen LogP contribution in [0, 0.1) is 0 Å². The molecule has 1 aromatic carbocycles. The smallest absolute Gasteiger partial charge is 0.127 e. The molecule has 1 atom stereocenters. The molecule has 0 saturated carbocycles. The van der Waals surface area contributed by atoms with Crippen molar-refractivity contribution in [1.82, 2.24) is 9.55 Å². The maximum Gasteiger partial charge on any atom is 0.127 e. The average Bonchev–Trinajstić information content (AvgIpc) is 2.86. The number of nitrogens with zero attached hydrogens (tertiary/aromatic N) is 3. The van der Waals surface area contributed by atoms with Crippen molar-refractivity contribution in [3.63, 3.8) is 0 Å². The van der Waals surface area contributed by atoms with Crippen LogP contribution in [0.1, 0.15) is 24.7 Å². The molecule has 4 nitrogen and oxygen atoms in total. The van der Waals surface area contributed by atoms with E-state index in [1.807, 2.05) is 24.0 Å². The molecule has 2 rings (SSSR count). The zero-order valence-corrected chi connectivity index (χ0v) is 14.5. The van der Waals surface area contributed by atoms with E-state index in [-0.39, 0.29) is 6.04 Å². The van der Waals surface area contributed by atoms with Crippen molar-refractivity contribution in [1.29, 1.82) is 0 Å². The number of hydrogen-bond donors (Lipinski definition) is 1. The summed E-state index contributed by atoms with van der Waals surface area (Å²) in [6.45, 7) is 2.90. The van der Waals surface area contributed by atoms with E-state index < -0.39 is 0 Å². The highest BCUT2D eigenvalue weighted by Gasteiger charge is 2.10. The van der Waals surface area contributed by atoms with Gasteiger partial charge in [0.2, 0.25) is 0 Å². The van der Waals surface area contributed by atoms with E-state index in [1.54, 1.807) is 0 Å². The molecule has 0 bridgehead atoms. The minimum Gasteiger partial charge on any atom is -0.367 e. The molecular formula is C16H23BrN4. The van der Waals surface area contributed by atoms with Crippen LogP contribution in [-0.2, 0) is 20.0 Å². The Labute approximate surface area is 135 Å².